The van der Waals surface area contributed by atoms with Gasteiger partial charge in [0.15, 0.2) is 0 Å². The molecule has 0 radical (unpaired) electrons. The van der Waals surface area contributed by atoms with Gasteiger partial charge in [0.25, 0.3) is 0 Å². The molecule has 0 aromatic carbocycles. The number of unbranched alkanes of at least 4 members (excludes halogenated alkanes) is 6. The molecule has 0 unspecified atom stereocenters. The summed E-state index contributed by atoms with van der Waals surface area (Å²) in [6, 6.07) is 14.8. The van der Waals surface area contributed by atoms with Crippen LogP contribution in [0, 0.1) is 11.8 Å². The van der Waals surface area contributed by atoms with E-state index >= 15 is 0 Å². The van der Waals surface area contributed by atoms with Crippen LogP contribution in [0.4, 0.5) is 0 Å². The fraction of sp³-hybridized carbons (Fsp3) is 0.524. The standard InChI is InChI=1S/C42H56S5/c1-7-11-13-15-17-31-21-23-43-39(31)37-27-33(25-29(5)9-3)41(46-37)35-19-20-36(45-35)42-34(26-30(6)10-4)28-38(47-42)40-32(22-24-44-40)18-16-14-12-8-2/h19-24,27-30H,7-18,25-26H2,1-6H3/t29-,30-/m0/s1. The monoisotopic (exact) mass is 720 g/mol. The van der Waals surface area contributed by atoms with Crippen molar-refractivity contribution in [3.8, 4) is 39.0 Å². The average molecular weight is 721 g/mol. The Bertz CT molecular complexity index is 1520. The van der Waals surface area contributed by atoms with E-state index < -0.39 is 0 Å². The van der Waals surface area contributed by atoms with Crippen molar-refractivity contribution in [2.45, 2.75) is 131 Å². The molecule has 0 bridgehead atoms. The third kappa shape index (κ3) is 9.60. The lowest BCUT2D eigenvalue weighted by Gasteiger charge is -2.09. The fourth-order valence-electron chi connectivity index (χ4n) is 6.41. The van der Waals surface area contributed by atoms with Gasteiger partial charge in [-0.15, -0.1) is 56.7 Å². The fourth-order valence-corrected chi connectivity index (χ4v) is 12.3. The molecule has 0 aliphatic heterocycles. The van der Waals surface area contributed by atoms with Crippen LogP contribution in [-0.2, 0) is 25.7 Å². The number of hydrogen-bond acceptors (Lipinski definition) is 5. The molecule has 0 aliphatic rings. The molecule has 0 amide bonds. The van der Waals surface area contributed by atoms with Crippen molar-refractivity contribution in [1.29, 1.82) is 0 Å². The van der Waals surface area contributed by atoms with Crippen molar-refractivity contribution in [3.63, 3.8) is 0 Å². The van der Waals surface area contributed by atoms with Crippen LogP contribution in [0.5, 0.6) is 0 Å². The molecule has 5 aromatic rings. The van der Waals surface area contributed by atoms with E-state index in [2.05, 4.69) is 88.7 Å². The van der Waals surface area contributed by atoms with Crippen molar-refractivity contribution in [1.82, 2.24) is 0 Å². The van der Waals surface area contributed by atoms with E-state index in [1.54, 1.807) is 22.3 Å². The van der Waals surface area contributed by atoms with Crippen LogP contribution in [-0.4, -0.2) is 0 Å². The molecule has 0 nitrogen and oxygen atoms in total. The summed E-state index contributed by atoms with van der Waals surface area (Å²) in [6.07, 6.45) is 17.8. The highest BCUT2D eigenvalue weighted by Crippen LogP contribution is 2.49. The quantitative estimate of drug-likeness (QED) is 0.0702. The van der Waals surface area contributed by atoms with Gasteiger partial charge >= 0.3 is 0 Å². The maximum Gasteiger partial charge on any atom is 0.0481 e. The summed E-state index contributed by atoms with van der Waals surface area (Å²) in [7, 11) is 0. The van der Waals surface area contributed by atoms with E-state index in [0.29, 0.717) is 11.8 Å². The van der Waals surface area contributed by atoms with Gasteiger partial charge in [-0.25, -0.2) is 0 Å². The van der Waals surface area contributed by atoms with Crippen LogP contribution in [0.15, 0.2) is 47.2 Å². The van der Waals surface area contributed by atoms with E-state index in [1.807, 2.05) is 56.7 Å². The number of hydrogen-bond donors (Lipinski definition) is 0. The Morgan fingerprint density at radius 3 is 1.32 bits per heavy atom. The van der Waals surface area contributed by atoms with Crippen molar-refractivity contribution >= 4 is 56.7 Å². The molecule has 5 heterocycles. The van der Waals surface area contributed by atoms with Crippen molar-refractivity contribution < 1.29 is 0 Å². The summed E-state index contributed by atoms with van der Waals surface area (Å²) in [4.78, 5) is 11.9. The van der Waals surface area contributed by atoms with Crippen molar-refractivity contribution in [3.05, 3.63) is 69.4 Å². The number of rotatable bonds is 20. The van der Waals surface area contributed by atoms with Gasteiger partial charge in [-0.1, -0.05) is 92.9 Å². The second-order valence-corrected chi connectivity index (χ2v) is 18.7. The summed E-state index contributed by atoms with van der Waals surface area (Å²) >= 11 is 10.0. The lowest BCUT2D eigenvalue weighted by Crippen LogP contribution is -1.97. The Hall–Kier alpha value is -1.50. The average Bonchev–Trinajstić information content (AvgIpc) is 3.91. The maximum atomic E-state index is 2.56. The molecule has 5 rings (SSSR count). The van der Waals surface area contributed by atoms with Gasteiger partial charge in [-0.3, -0.25) is 0 Å². The van der Waals surface area contributed by atoms with E-state index in [9.17, 15) is 0 Å². The van der Waals surface area contributed by atoms with Crippen LogP contribution < -0.4 is 0 Å². The predicted octanol–water partition coefficient (Wildman–Crippen LogP) is 16.1. The second kappa shape index (κ2) is 18.5. The maximum absolute atomic E-state index is 2.56. The molecule has 0 spiro atoms. The summed E-state index contributed by atoms with van der Waals surface area (Å²) < 4.78 is 0. The first-order valence-corrected chi connectivity index (χ1v) is 22.7. The number of aryl methyl sites for hydroxylation is 2. The highest BCUT2D eigenvalue weighted by atomic mass is 32.1. The molecule has 2 atom stereocenters. The molecular weight excluding hydrogens is 665 g/mol. The van der Waals surface area contributed by atoms with Crippen molar-refractivity contribution in [2.24, 2.45) is 11.8 Å². The van der Waals surface area contributed by atoms with Gasteiger partial charge in [0.2, 0.25) is 0 Å². The molecule has 5 heteroatoms. The Morgan fingerprint density at radius 1 is 0.468 bits per heavy atom. The van der Waals surface area contributed by atoms with Gasteiger partial charge in [0, 0.05) is 39.0 Å². The highest BCUT2D eigenvalue weighted by Gasteiger charge is 2.22. The Labute approximate surface area is 306 Å². The zero-order valence-corrected chi connectivity index (χ0v) is 33.8. The Morgan fingerprint density at radius 2 is 0.915 bits per heavy atom. The SMILES string of the molecule is CCCCCCc1ccsc1-c1cc(C[C@@H](C)CC)c(-c2ccc(-c3sc(-c4sccc4CCCCCC)cc3C[C@@H](C)CC)s2)s1. The number of thiophene rings is 5. The van der Waals surface area contributed by atoms with Gasteiger partial charge in [-0.2, -0.15) is 0 Å². The minimum absolute atomic E-state index is 0.691. The molecule has 0 aliphatic carbocycles. The van der Waals surface area contributed by atoms with Gasteiger partial charge in [0.05, 0.1) is 0 Å². The zero-order chi connectivity index (χ0) is 33.2. The summed E-state index contributed by atoms with van der Waals surface area (Å²) in [6.45, 7) is 14.1. The van der Waals surface area contributed by atoms with E-state index in [1.165, 1.54) is 116 Å². The topological polar surface area (TPSA) is 0 Å². The Kier molecular flexibility index (Phi) is 14.5. The largest absolute Gasteiger partial charge is 0.143 e. The molecule has 254 valence electrons. The van der Waals surface area contributed by atoms with Gasteiger partial charge < -0.3 is 0 Å². The minimum atomic E-state index is 0.691. The minimum Gasteiger partial charge on any atom is -0.143 e. The van der Waals surface area contributed by atoms with Crippen LogP contribution in [0.1, 0.15) is 128 Å². The molecule has 0 fully saturated rings. The van der Waals surface area contributed by atoms with Crippen LogP contribution in [0.2, 0.25) is 0 Å². The van der Waals surface area contributed by atoms with Crippen molar-refractivity contribution in [2.75, 3.05) is 0 Å². The first kappa shape index (κ1) is 36.8. The van der Waals surface area contributed by atoms with E-state index in [-0.39, 0.29) is 0 Å². The van der Waals surface area contributed by atoms with Crippen LogP contribution >= 0.6 is 56.7 Å². The molecular formula is C42H56S5. The summed E-state index contributed by atoms with van der Waals surface area (Å²) in [5.74, 6) is 1.38. The van der Waals surface area contributed by atoms with Crippen LogP contribution in [0.3, 0.4) is 0 Å². The molecule has 0 N–H and O–H groups in total. The molecule has 5 aromatic heterocycles. The normalized spacial score (nSPS) is 13.1. The zero-order valence-electron chi connectivity index (χ0n) is 29.7. The lowest BCUT2D eigenvalue weighted by molar-refractivity contribution is 0.561. The third-order valence-corrected chi connectivity index (χ3v) is 15.8. The van der Waals surface area contributed by atoms with E-state index in [4.69, 9.17) is 0 Å². The lowest BCUT2D eigenvalue weighted by atomic mass is 9.98. The van der Waals surface area contributed by atoms with Gasteiger partial charge in [-0.05, 0) is 120 Å². The first-order chi connectivity index (χ1) is 22.9. The summed E-state index contributed by atoms with van der Waals surface area (Å²) in [5.41, 5.74) is 6.21. The Balaban J connectivity index is 1.47. The summed E-state index contributed by atoms with van der Waals surface area (Å²) in [5, 5.41) is 4.64. The van der Waals surface area contributed by atoms with Crippen LogP contribution in [0.25, 0.3) is 39.0 Å². The van der Waals surface area contributed by atoms with E-state index in [0.717, 1.165) is 12.8 Å². The third-order valence-electron chi connectivity index (χ3n) is 9.74. The predicted molar refractivity (Wildman–Crippen MR) is 220 cm³/mol. The molecule has 0 saturated heterocycles. The van der Waals surface area contributed by atoms with Gasteiger partial charge in [0.1, 0.15) is 0 Å². The second-order valence-electron chi connectivity index (χ2n) is 13.7. The molecule has 0 saturated carbocycles. The smallest absolute Gasteiger partial charge is 0.0481 e. The highest BCUT2D eigenvalue weighted by molar-refractivity contribution is 7.29. The first-order valence-electron chi connectivity index (χ1n) is 18.4. The molecule has 47 heavy (non-hydrogen) atoms.